The minimum absolute atomic E-state index is 0.293. The fraction of sp³-hybridized carbons (Fsp3) is 0.973. The maximum absolute atomic E-state index is 11.2. The molecule has 0 aliphatic rings. The lowest BCUT2D eigenvalue weighted by Gasteiger charge is -2.40. The van der Waals surface area contributed by atoms with Crippen molar-refractivity contribution in [3.63, 3.8) is 0 Å². The van der Waals surface area contributed by atoms with E-state index < -0.39 is 5.97 Å². The van der Waals surface area contributed by atoms with E-state index in [9.17, 15) is 9.90 Å². The average Bonchev–Trinajstić information content (AvgIpc) is 2.93. The number of carbonyl (C=O) groups is 1. The van der Waals surface area contributed by atoms with Gasteiger partial charge in [0.25, 0.3) is 0 Å². The molecule has 0 unspecified atom stereocenters. The monoisotopic (exact) mass is 599 g/mol. The highest BCUT2D eigenvalue weighted by atomic mass is 16.4. The summed E-state index contributed by atoms with van der Waals surface area (Å²) < 4.78 is 3.17. The lowest BCUT2D eigenvalue weighted by Crippen LogP contribution is -2.57. The predicted molar refractivity (Wildman–Crippen MR) is 185 cm³/mol. The summed E-state index contributed by atoms with van der Waals surface area (Å²) in [5.41, 5.74) is 0. The second kappa shape index (κ2) is 25.7. The van der Waals surface area contributed by atoms with Gasteiger partial charge in [-0.15, -0.1) is 0 Å². The Hall–Kier alpha value is -0.650. The molecule has 0 amide bonds. The highest BCUT2D eigenvalue weighted by Crippen LogP contribution is 2.16. The summed E-state index contributed by atoms with van der Waals surface area (Å²) in [4.78, 5) is 11.2. The van der Waals surface area contributed by atoms with Crippen LogP contribution in [0.5, 0.6) is 0 Å². The predicted octanol–water partition coefficient (Wildman–Crippen LogP) is 9.29. The van der Waals surface area contributed by atoms with Gasteiger partial charge in [0.05, 0.1) is 61.3 Å². The number of carboxylic acids is 1. The Bertz CT molecular complexity index is 580. The quantitative estimate of drug-likeness (QED) is 0.0619. The zero-order valence-electron chi connectivity index (χ0n) is 30.2. The number of hydrogen-bond acceptors (Lipinski definition) is 1. The molecule has 0 heterocycles. The molecule has 0 aromatic rings. The van der Waals surface area contributed by atoms with E-state index in [0.717, 1.165) is 39.5 Å². The summed E-state index contributed by atoms with van der Waals surface area (Å²) in [6.45, 7) is 12.7. The number of carboxylic acid groups (broad SMARTS) is 1. The molecule has 252 valence electrons. The van der Waals surface area contributed by atoms with Crippen LogP contribution in [0.2, 0.25) is 0 Å². The van der Waals surface area contributed by atoms with E-state index in [1.165, 1.54) is 155 Å². The number of likely N-dealkylation sites (N-methyl/N-ethyl adjacent to an activating group) is 3. The lowest BCUT2D eigenvalue weighted by molar-refractivity contribution is -0.977. The van der Waals surface area contributed by atoms with Gasteiger partial charge in [0.1, 0.15) is 26.2 Å². The van der Waals surface area contributed by atoms with Crippen LogP contribution in [0.25, 0.3) is 0 Å². The molecule has 0 aliphatic heterocycles. The molecule has 0 saturated heterocycles. The van der Waals surface area contributed by atoms with Crippen LogP contribution in [0.3, 0.4) is 0 Å². The van der Waals surface area contributed by atoms with Gasteiger partial charge in [0.15, 0.2) is 0 Å². The Balaban J connectivity index is 4.44. The van der Waals surface area contributed by atoms with Gasteiger partial charge in [-0.1, -0.05) is 117 Å². The number of aliphatic carboxylic acids is 1. The Morgan fingerprint density at radius 2 is 0.714 bits per heavy atom. The average molecular weight is 599 g/mol. The normalized spacial score (nSPS) is 12.7. The molecule has 0 aromatic heterocycles. The Labute approximate surface area is 265 Å². The van der Waals surface area contributed by atoms with Crippen molar-refractivity contribution < 1.29 is 23.4 Å². The van der Waals surface area contributed by atoms with Crippen molar-refractivity contribution in [2.24, 2.45) is 0 Å². The summed E-state index contributed by atoms with van der Waals surface area (Å²) in [6, 6.07) is 0. The molecule has 0 fully saturated rings. The molecule has 0 bridgehead atoms. The van der Waals surface area contributed by atoms with Crippen LogP contribution >= 0.6 is 0 Å². The van der Waals surface area contributed by atoms with Crippen molar-refractivity contribution >= 4 is 5.97 Å². The van der Waals surface area contributed by atoms with E-state index in [1.807, 2.05) is 0 Å². The number of nitrogens with zero attached hydrogens (tertiary/aromatic N) is 3. The molecule has 5 nitrogen and oxygen atoms in total. The number of rotatable bonds is 32. The molecule has 0 aliphatic carbocycles. The van der Waals surface area contributed by atoms with Gasteiger partial charge in [0, 0.05) is 6.42 Å². The molecule has 0 atom stereocenters. The standard InChI is InChI=1S/C37H79N3O2/c1-8-10-12-14-16-18-20-22-24-26-30-38(3,4)33-35-40(7,32-28-29-37(41)42)36-34-39(5,6)31-27-25-23-21-19-17-15-13-11-9-2/h8-36H2,1-7H3/q+2/p+1. The van der Waals surface area contributed by atoms with Crippen LogP contribution in [0.4, 0.5) is 0 Å². The molecule has 42 heavy (non-hydrogen) atoms. The first-order valence-electron chi connectivity index (χ1n) is 18.6. The molecule has 5 heteroatoms. The van der Waals surface area contributed by atoms with Crippen LogP contribution in [0, 0.1) is 0 Å². The van der Waals surface area contributed by atoms with E-state index >= 15 is 0 Å². The van der Waals surface area contributed by atoms with Gasteiger partial charge in [-0.3, -0.25) is 4.79 Å². The molecule has 0 rings (SSSR count). The van der Waals surface area contributed by atoms with E-state index in [-0.39, 0.29) is 0 Å². The van der Waals surface area contributed by atoms with E-state index in [2.05, 4.69) is 49.1 Å². The first kappa shape index (κ1) is 41.4. The SMILES string of the molecule is CCCCCCCCCCCC[N+](C)(C)CC[N+](C)(CCCC(=O)O)CC[N+](C)(C)CCCCCCCCCCCC. The van der Waals surface area contributed by atoms with Crippen molar-refractivity contribution in [1.29, 1.82) is 0 Å². The van der Waals surface area contributed by atoms with E-state index in [0.29, 0.717) is 6.42 Å². The van der Waals surface area contributed by atoms with E-state index in [4.69, 9.17) is 0 Å². The third kappa shape index (κ3) is 26.9. The zero-order chi connectivity index (χ0) is 31.6. The smallest absolute Gasteiger partial charge is 0.303 e. The van der Waals surface area contributed by atoms with Crippen molar-refractivity contribution in [2.75, 3.05) is 81.1 Å². The molecule has 1 N–H and O–H groups in total. The van der Waals surface area contributed by atoms with Crippen LogP contribution in [0.1, 0.15) is 155 Å². The van der Waals surface area contributed by atoms with Gasteiger partial charge in [-0.2, -0.15) is 0 Å². The molecule has 0 radical (unpaired) electrons. The van der Waals surface area contributed by atoms with Crippen LogP contribution in [-0.2, 0) is 4.79 Å². The Morgan fingerprint density at radius 1 is 0.405 bits per heavy atom. The first-order chi connectivity index (χ1) is 20.0. The van der Waals surface area contributed by atoms with Crippen molar-refractivity contribution in [2.45, 2.75) is 155 Å². The van der Waals surface area contributed by atoms with Crippen molar-refractivity contribution in [3.8, 4) is 0 Å². The number of quaternary nitrogens is 3. The summed E-state index contributed by atoms with van der Waals surface area (Å²) in [6.07, 6.45) is 28.9. The van der Waals surface area contributed by atoms with E-state index in [1.54, 1.807) is 0 Å². The van der Waals surface area contributed by atoms with Gasteiger partial charge < -0.3 is 18.6 Å². The third-order valence-corrected chi connectivity index (χ3v) is 9.81. The van der Waals surface area contributed by atoms with Gasteiger partial charge in [-0.25, -0.2) is 0 Å². The topological polar surface area (TPSA) is 37.3 Å². The van der Waals surface area contributed by atoms with Crippen molar-refractivity contribution in [3.05, 3.63) is 0 Å². The van der Waals surface area contributed by atoms with Crippen molar-refractivity contribution in [1.82, 2.24) is 0 Å². The maximum atomic E-state index is 11.2. The van der Waals surface area contributed by atoms with Gasteiger partial charge in [0.2, 0.25) is 0 Å². The van der Waals surface area contributed by atoms with Crippen LogP contribution < -0.4 is 0 Å². The Kier molecular flexibility index (Phi) is 25.3. The minimum Gasteiger partial charge on any atom is -0.481 e. The number of hydrogen-bond donors (Lipinski definition) is 1. The van der Waals surface area contributed by atoms with Crippen LogP contribution in [0.15, 0.2) is 0 Å². The second-order valence-electron chi connectivity index (χ2n) is 15.4. The number of unbranched alkanes of at least 4 members (excludes halogenated alkanes) is 18. The fourth-order valence-electron chi connectivity index (χ4n) is 6.25. The second-order valence-corrected chi connectivity index (χ2v) is 15.4. The molecular weight excluding hydrogens is 518 g/mol. The summed E-state index contributed by atoms with van der Waals surface area (Å²) in [5.74, 6) is -0.657. The summed E-state index contributed by atoms with van der Waals surface area (Å²) in [5, 5.41) is 9.26. The highest BCUT2D eigenvalue weighted by Gasteiger charge is 2.29. The third-order valence-electron chi connectivity index (χ3n) is 9.81. The molecular formula is C37H80N3O2+3. The van der Waals surface area contributed by atoms with Gasteiger partial charge >= 0.3 is 5.97 Å². The van der Waals surface area contributed by atoms with Crippen LogP contribution in [-0.4, -0.2) is 106 Å². The molecule has 0 spiro atoms. The first-order valence-corrected chi connectivity index (χ1v) is 18.6. The highest BCUT2D eigenvalue weighted by molar-refractivity contribution is 5.66. The zero-order valence-corrected chi connectivity index (χ0v) is 30.2. The maximum Gasteiger partial charge on any atom is 0.303 e. The largest absolute Gasteiger partial charge is 0.481 e. The summed E-state index contributed by atoms with van der Waals surface area (Å²) in [7, 11) is 12.0. The fourth-order valence-corrected chi connectivity index (χ4v) is 6.25. The summed E-state index contributed by atoms with van der Waals surface area (Å²) >= 11 is 0. The minimum atomic E-state index is -0.657. The Morgan fingerprint density at radius 3 is 1.02 bits per heavy atom. The molecule has 0 saturated carbocycles. The van der Waals surface area contributed by atoms with Gasteiger partial charge in [-0.05, 0) is 25.7 Å². The molecule has 0 aromatic carbocycles. The lowest BCUT2D eigenvalue weighted by atomic mass is 10.1.